The first-order valence-electron chi connectivity index (χ1n) is 12.2. The summed E-state index contributed by atoms with van der Waals surface area (Å²) in [7, 11) is 1.60. The Morgan fingerprint density at radius 1 is 0.842 bits per heavy atom. The molecule has 0 aromatic heterocycles. The maximum atomic E-state index is 13.8. The second-order valence-corrected chi connectivity index (χ2v) is 9.64. The van der Waals surface area contributed by atoms with E-state index in [9.17, 15) is 9.59 Å². The number of amides is 2. The molecule has 2 amide bonds. The molecule has 4 rings (SSSR count). The Balaban J connectivity index is 1.67. The minimum absolute atomic E-state index is 0.163. The molecule has 0 saturated heterocycles. The van der Waals surface area contributed by atoms with Crippen molar-refractivity contribution in [2.45, 2.75) is 25.6 Å². The number of carbonyl (C=O) groups excluding carboxylic acids is 2. The molecule has 7 heteroatoms. The van der Waals surface area contributed by atoms with Gasteiger partial charge in [0.05, 0.1) is 13.5 Å². The molecule has 4 aromatic carbocycles. The summed E-state index contributed by atoms with van der Waals surface area (Å²) in [6.45, 7) is 0.436. The first kappa shape index (κ1) is 27.2. The van der Waals surface area contributed by atoms with Crippen molar-refractivity contribution < 1.29 is 14.3 Å². The van der Waals surface area contributed by atoms with Gasteiger partial charge in [0.25, 0.3) is 0 Å². The van der Waals surface area contributed by atoms with Crippen molar-refractivity contribution in [3.63, 3.8) is 0 Å². The molecule has 0 saturated carbocycles. The van der Waals surface area contributed by atoms with Crippen LogP contribution >= 0.6 is 23.2 Å². The van der Waals surface area contributed by atoms with Gasteiger partial charge in [0.1, 0.15) is 11.8 Å². The van der Waals surface area contributed by atoms with Crippen LogP contribution in [0, 0.1) is 0 Å². The molecule has 1 unspecified atom stereocenters. The average Bonchev–Trinajstić information content (AvgIpc) is 2.93. The van der Waals surface area contributed by atoms with E-state index in [1.807, 2.05) is 84.9 Å². The summed E-state index contributed by atoms with van der Waals surface area (Å²) in [6, 6.07) is 30.6. The quantitative estimate of drug-likeness (QED) is 0.243. The van der Waals surface area contributed by atoms with E-state index in [1.54, 1.807) is 30.2 Å². The van der Waals surface area contributed by atoms with Crippen LogP contribution in [0.3, 0.4) is 0 Å². The first-order chi connectivity index (χ1) is 18.4. The number of carbonyl (C=O) groups is 2. The minimum Gasteiger partial charge on any atom is -0.497 e. The highest BCUT2D eigenvalue weighted by Gasteiger charge is 2.31. The summed E-state index contributed by atoms with van der Waals surface area (Å²) in [5, 5.41) is 3.96. The standard InChI is InChI=1S/C31H28Cl2N2O3/c1-38-27-16-12-23(13-17-27)21-35(29(36)18-22-8-4-2-5-9-22)30(24-10-6-3-7-11-24)31(37)34-20-25-14-15-26(32)19-28(25)33/h2-17,19,30H,18,20-21H2,1H3,(H,34,37). The van der Waals surface area contributed by atoms with Crippen molar-refractivity contribution in [2.24, 2.45) is 0 Å². The number of hydrogen-bond donors (Lipinski definition) is 1. The Bertz CT molecular complexity index is 1360. The normalized spacial score (nSPS) is 11.4. The van der Waals surface area contributed by atoms with Gasteiger partial charge in [-0.05, 0) is 46.5 Å². The zero-order valence-corrected chi connectivity index (χ0v) is 22.5. The van der Waals surface area contributed by atoms with E-state index in [0.29, 0.717) is 21.4 Å². The van der Waals surface area contributed by atoms with Crippen molar-refractivity contribution in [1.82, 2.24) is 10.2 Å². The monoisotopic (exact) mass is 546 g/mol. The summed E-state index contributed by atoms with van der Waals surface area (Å²) in [4.78, 5) is 29.2. The summed E-state index contributed by atoms with van der Waals surface area (Å²) in [5.41, 5.74) is 3.19. The van der Waals surface area contributed by atoms with Gasteiger partial charge in [-0.25, -0.2) is 0 Å². The lowest BCUT2D eigenvalue weighted by atomic mass is 10.0. The largest absolute Gasteiger partial charge is 0.497 e. The molecule has 1 N–H and O–H groups in total. The van der Waals surface area contributed by atoms with Gasteiger partial charge in [0.15, 0.2) is 0 Å². The molecule has 0 aliphatic rings. The zero-order valence-electron chi connectivity index (χ0n) is 20.9. The fraction of sp³-hybridized carbons (Fsp3) is 0.161. The predicted molar refractivity (Wildman–Crippen MR) is 151 cm³/mol. The molecule has 0 bridgehead atoms. The first-order valence-corrected chi connectivity index (χ1v) is 12.9. The Morgan fingerprint density at radius 2 is 1.50 bits per heavy atom. The van der Waals surface area contributed by atoms with Gasteiger partial charge >= 0.3 is 0 Å². The van der Waals surface area contributed by atoms with E-state index in [-0.39, 0.29) is 31.3 Å². The third-order valence-corrected chi connectivity index (χ3v) is 6.76. The predicted octanol–water partition coefficient (Wildman–Crippen LogP) is 6.63. The Kier molecular flexibility index (Phi) is 9.41. The SMILES string of the molecule is COc1ccc(CN(C(=O)Cc2ccccc2)C(C(=O)NCc2ccc(Cl)cc2Cl)c2ccccc2)cc1. The highest BCUT2D eigenvalue weighted by molar-refractivity contribution is 6.35. The van der Waals surface area contributed by atoms with E-state index in [2.05, 4.69) is 5.32 Å². The minimum atomic E-state index is -0.861. The zero-order chi connectivity index (χ0) is 26.9. The molecule has 0 heterocycles. The van der Waals surface area contributed by atoms with Gasteiger partial charge in [0.2, 0.25) is 11.8 Å². The van der Waals surface area contributed by atoms with Crippen LogP contribution in [0.25, 0.3) is 0 Å². The molecule has 0 aliphatic heterocycles. The van der Waals surface area contributed by atoms with Gasteiger partial charge in [-0.1, -0.05) is 102 Å². The molecular weight excluding hydrogens is 519 g/mol. The topological polar surface area (TPSA) is 58.6 Å². The molecular formula is C31H28Cl2N2O3. The lowest BCUT2D eigenvalue weighted by molar-refractivity contribution is -0.141. The van der Waals surface area contributed by atoms with Crippen LogP contribution < -0.4 is 10.1 Å². The lowest BCUT2D eigenvalue weighted by Gasteiger charge is -2.32. The number of halogens is 2. The summed E-state index contributed by atoms with van der Waals surface area (Å²) in [6.07, 6.45) is 0.163. The van der Waals surface area contributed by atoms with Gasteiger partial charge in [-0.3, -0.25) is 9.59 Å². The van der Waals surface area contributed by atoms with Gasteiger partial charge in [0, 0.05) is 23.1 Å². The Morgan fingerprint density at radius 3 is 2.13 bits per heavy atom. The van der Waals surface area contributed by atoms with Crippen LogP contribution in [0.2, 0.25) is 10.0 Å². The number of hydrogen-bond acceptors (Lipinski definition) is 3. The van der Waals surface area contributed by atoms with Crippen LogP contribution in [0.5, 0.6) is 5.75 Å². The highest BCUT2D eigenvalue weighted by atomic mass is 35.5. The summed E-state index contributed by atoms with van der Waals surface area (Å²) < 4.78 is 5.28. The number of nitrogens with one attached hydrogen (secondary N) is 1. The molecule has 38 heavy (non-hydrogen) atoms. The van der Waals surface area contributed by atoms with Crippen LogP contribution in [0.15, 0.2) is 103 Å². The molecule has 0 radical (unpaired) electrons. The van der Waals surface area contributed by atoms with E-state index < -0.39 is 6.04 Å². The average molecular weight is 547 g/mol. The number of rotatable bonds is 10. The third kappa shape index (κ3) is 7.15. The van der Waals surface area contributed by atoms with E-state index in [0.717, 1.165) is 16.7 Å². The van der Waals surface area contributed by atoms with Crippen LogP contribution in [0.4, 0.5) is 0 Å². The van der Waals surface area contributed by atoms with Crippen molar-refractivity contribution in [3.05, 3.63) is 135 Å². The van der Waals surface area contributed by atoms with Crippen molar-refractivity contribution >= 4 is 35.0 Å². The fourth-order valence-corrected chi connectivity index (χ4v) is 4.65. The summed E-state index contributed by atoms with van der Waals surface area (Å²) >= 11 is 12.4. The maximum Gasteiger partial charge on any atom is 0.247 e. The van der Waals surface area contributed by atoms with E-state index >= 15 is 0 Å². The molecule has 0 fully saturated rings. The van der Waals surface area contributed by atoms with E-state index in [1.165, 1.54) is 0 Å². The van der Waals surface area contributed by atoms with Gasteiger partial charge in [-0.2, -0.15) is 0 Å². The van der Waals surface area contributed by atoms with Crippen LogP contribution in [0.1, 0.15) is 28.3 Å². The van der Waals surface area contributed by atoms with Gasteiger partial charge in [-0.15, -0.1) is 0 Å². The fourth-order valence-electron chi connectivity index (χ4n) is 4.18. The number of ether oxygens (including phenoxy) is 1. The molecule has 5 nitrogen and oxygen atoms in total. The Hall–Kier alpha value is -3.80. The second-order valence-electron chi connectivity index (χ2n) is 8.80. The smallest absolute Gasteiger partial charge is 0.247 e. The lowest BCUT2D eigenvalue weighted by Crippen LogP contribution is -2.43. The maximum absolute atomic E-state index is 13.8. The Labute approximate surface area is 233 Å². The molecule has 194 valence electrons. The van der Waals surface area contributed by atoms with Crippen molar-refractivity contribution in [1.29, 1.82) is 0 Å². The van der Waals surface area contributed by atoms with Gasteiger partial charge < -0.3 is 15.0 Å². The van der Waals surface area contributed by atoms with Crippen LogP contribution in [-0.2, 0) is 29.1 Å². The molecule has 0 spiro atoms. The van der Waals surface area contributed by atoms with Crippen LogP contribution in [-0.4, -0.2) is 23.8 Å². The number of nitrogens with zero attached hydrogens (tertiary/aromatic N) is 1. The van der Waals surface area contributed by atoms with E-state index in [4.69, 9.17) is 27.9 Å². The second kappa shape index (κ2) is 13.1. The van der Waals surface area contributed by atoms with Crippen molar-refractivity contribution in [3.8, 4) is 5.75 Å². The third-order valence-electron chi connectivity index (χ3n) is 6.17. The highest BCUT2D eigenvalue weighted by Crippen LogP contribution is 2.27. The number of methoxy groups -OCH3 is 1. The van der Waals surface area contributed by atoms with Crippen molar-refractivity contribution in [2.75, 3.05) is 7.11 Å². The molecule has 1 atom stereocenters. The number of benzene rings is 4. The molecule has 4 aromatic rings. The molecule has 0 aliphatic carbocycles. The summed E-state index contributed by atoms with van der Waals surface area (Å²) in [5.74, 6) is 0.241.